The Hall–Kier alpha value is -0.870. The van der Waals surface area contributed by atoms with Crippen molar-refractivity contribution < 1.29 is 13.9 Å². The summed E-state index contributed by atoms with van der Waals surface area (Å²) >= 11 is 0. The summed E-state index contributed by atoms with van der Waals surface area (Å²) in [5, 5.41) is 9.45. The molecule has 3 N–H and O–H groups in total. The van der Waals surface area contributed by atoms with Crippen LogP contribution in [0.25, 0.3) is 0 Å². The van der Waals surface area contributed by atoms with Gasteiger partial charge in [0.25, 0.3) is 0 Å². The Kier molecular flexibility index (Phi) is 5.54. The van der Waals surface area contributed by atoms with E-state index in [1.807, 2.05) is 6.92 Å². The molecule has 0 aliphatic rings. The number of benzene rings is 1. The molecule has 1 atom stereocenters. The third-order valence-corrected chi connectivity index (χ3v) is 2.02. The second kappa shape index (κ2) is 5.88. The first kappa shape index (κ1) is 14.1. The molecule has 0 radical (unpaired) electrons. The van der Waals surface area contributed by atoms with Crippen LogP contribution in [0.1, 0.15) is 23.6 Å². The minimum atomic E-state index is -2.45. The molecule has 0 saturated carbocycles. The van der Waals surface area contributed by atoms with E-state index in [0.717, 1.165) is 5.56 Å². The van der Waals surface area contributed by atoms with Crippen LogP contribution in [0, 0.1) is 6.92 Å². The van der Waals surface area contributed by atoms with Gasteiger partial charge >= 0.3 is 0 Å². The minimum absolute atomic E-state index is 0. The van der Waals surface area contributed by atoms with Crippen molar-refractivity contribution in [2.24, 2.45) is 5.73 Å². The van der Waals surface area contributed by atoms with Crippen molar-refractivity contribution >= 4 is 12.4 Å². The highest BCUT2D eigenvalue weighted by Crippen LogP contribution is 2.27. The van der Waals surface area contributed by atoms with E-state index < -0.39 is 18.9 Å². The molecule has 5 heteroatoms. The Morgan fingerprint density at radius 1 is 1.40 bits per heavy atom. The molecule has 1 rings (SSSR count). The van der Waals surface area contributed by atoms with E-state index in [2.05, 4.69) is 0 Å². The molecular formula is C10H14ClF2NO. The first-order chi connectivity index (χ1) is 6.50. The summed E-state index contributed by atoms with van der Waals surface area (Å²) in [6.07, 6.45) is -2.89. The number of alkyl halides is 2. The Bertz CT molecular complexity index is 320. The van der Waals surface area contributed by atoms with E-state index in [1.165, 1.54) is 6.07 Å². The number of phenols is 1. The molecule has 86 valence electrons. The lowest BCUT2D eigenvalue weighted by Gasteiger charge is -2.13. The topological polar surface area (TPSA) is 46.2 Å². The summed E-state index contributed by atoms with van der Waals surface area (Å²) in [6.45, 7) is 1.81. The summed E-state index contributed by atoms with van der Waals surface area (Å²) in [7, 11) is 0. The normalized spacial score (nSPS) is 12.3. The zero-order valence-corrected chi connectivity index (χ0v) is 9.10. The van der Waals surface area contributed by atoms with Gasteiger partial charge in [0.15, 0.2) is 0 Å². The van der Waals surface area contributed by atoms with Gasteiger partial charge in [-0.3, -0.25) is 0 Å². The summed E-state index contributed by atoms with van der Waals surface area (Å²) in [4.78, 5) is 0. The van der Waals surface area contributed by atoms with E-state index in [-0.39, 0.29) is 18.2 Å². The molecule has 1 aromatic rings. The fourth-order valence-electron chi connectivity index (χ4n) is 1.29. The summed E-state index contributed by atoms with van der Waals surface area (Å²) < 4.78 is 24.0. The summed E-state index contributed by atoms with van der Waals surface area (Å²) in [5.74, 6) is -0.0156. The summed E-state index contributed by atoms with van der Waals surface area (Å²) in [6, 6.07) is 4.02. The van der Waals surface area contributed by atoms with Crippen LogP contribution in [0.2, 0.25) is 0 Å². The largest absolute Gasteiger partial charge is 0.508 e. The van der Waals surface area contributed by atoms with Crippen LogP contribution < -0.4 is 5.73 Å². The molecular weight excluding hydrogens is 224 g/mol. The highest BCUT2D eigenvalue weighted by atomic mass is 35.5. The standard InChI is InChI=1S/C10H13F2NO.ClH/c1-6-2-3-7(9(14)4-6)8(13)5-10(11)12;/h2-4,8,10,14H,5,13H2,1H3;1H/t8-;/m1./s1. The van der Waals surface area contributed by atoms with Crippen molar-refractivity contribution in [2.45, 2.75) is 25.8 Å². The van der Waals surface area contributed by atoms with E-state index in [1.54, 1.807) is 12.1 Å². The van der Waals surface area contributed by atoms with E-state index in [9.17, 15) is 13.9 Å². The van der Waals surface area contributed by atoms with Gasteiger partial charge in [-0.05, 0) is 18.6 Å². The van der Waals surface area contributed by atoms with Gasteiger partial charge in [0, 0.05) is 18.0 Å². The van der Waals surface area contributed by atoms with Gasteiger partial charge in [0.05, 0.1) is 0 Å². The van der Waals surface area contributed by atoms with Gasteiger partial charge in [-0.2, -0.15) is 0 Å². The predicted octanol–water partition coefficient (Wildman–Crippen LogP) is 2.78. The van der Waals surface area contributed by atoms with Crippen LogP contribution >= 0.6 is 12.4 Å². The van der Waals surface area contributed by atoms with E-state index in [0.29, 0.717) is 5.56 Å². The molecule has 0 fully saturated rings. The molecule has 0 saturated heterocycles. The first-order valence-corrected chi connectivity index (χ1v) is 4.34. The van der Waals surface area contributed by atoms with E-state index in [4.69, 9.17) is 5.73 Å². The van der Waals surface area contributed by atoms with Crippen LogP contribution in [0.15, 0.2) is 18.2 Å². The quantitative estimate of drug-likeness (QED) is 0.849. The number of halogens is 3. The van der Waals surface area contributed by atoms with Gasteiger partial charge in [-0.1, -0.05) is 12.1 Å². The number of hydrogen-bond donors (Lipinski definition) is 2. The lowest BCUT2D eigenvalue weighted by Crippen LogP contribution is -2.14. The van der Waals surface area contributed by atoms with Crippen LogP contribution in [-0.4, -0.2) is 11.5 Å². The number of aryl methyl sites for hydroxylation is 1. The number of phenolic OH excluding ortho intramolecular Hbond substituents is 1. The zero-order valence-electron chi connectivity index (χ0n) is 8.28. The molecule has 2 nitrogen and oxygen atoms in total. The summed E-state index contributed by atoms with van der Waals surface area (Å²) in [5.41, 5.74) is 6.75. The molecule has 0 heterocycles. The van der Waals surface area contributed by atoms with Crippen LogP contribution in [0.5, 0.6) is 5.75 Å². The smallest absolute Gasteiger partial charge is 0.240 e. The van der Waals surface area contributed by atoms with Crippen molar-refractivity contribution in [3.8, 4) is 5.75 Å². The molecule has 0 aromatic heterocycles. The van der Waals surface area contributed by atoms with Gasteiger partial charge in [0.2, 0.25) is 6.43 Å². The first-order valence-electron chi connectivity index (χ1n) is 4.34. The van der Waals surface area contributed by atoms with Crippen molar-refractivity contribution in [3.05, 3.63) is 29.3 Å². The monoisotopic (exact) mass is 237 g/mol. The highest BCUT2D eigenvalue weighted by molar-refractivity contribution is 5.85. The molecule has 0 aliphatic carbocycles. The number of rotatable bonds is 3. The number of hydrogen-bond acceptors (Lipinski definition) is 2. The van der Waals surface area contributed by atoms with Gasteiger partial charge in [-0.25, -0.2) is 8.78 Å². The minimum Gasteiger partial charge on any atom is -0.508 e. The second-order valence-corrected chi connectivity index (χ2v) is 3.30. The molecule has 1 aromatic carbocycles. The molecule has 15 heavy (non-hydrogen) atoms. The van der Waals surface area contributed by atoms with Crippen molar-refractivity contribution in [3.63, 3.8) is 0 Å². The average molecular weight is 238 g/mol. The maximum Gasteiger partial charge on any atom is 0.240 e. The van der Waals surface area contributed by atoms with Crippen LogP contribution in [-0.2, 0) is 0 Å². The maximum absolute atomic E-state index is 12.0. The Labute approximate surface area is 93.5 Å². The Morgan fingerprint density at radius 3 is 2.47 bits per heavy atom. The van der Waals surface area contributed by atoms with Gasteiger partial charge in [0.1, 0.15) is 5.75 Å². The molecule has 0 aliphatic heterocycles. The fraction of sp³-hybridized carbons (Fsp3) is 0.400. The fourth-order valence-corrected chi connectivity index (χ4v) is 1.29. The average Bonchev–Trinajstić information content (AvgIpc) is 2.01. The molecule has 0 unspecified atom stereocenters. The van der Waals surface area contributed by atoms with Gasteiger partial charge < -0.3 is 10.8 Å². The van der Waals surface area contributed by atoms with Gasteiger partial charge in [-0.15, -0.1) is 12.4 Å². The maximum atomic E-state index is 12.0. The third kappa shape index (κ3) is 4.01. The van der Waals surface area contributed by atoms with E-state index >= 15 is 0 Å². The number of aromatic hydroxyl groups is 1. The Balaban J connectivity index is 0.00000196. The van der Waals surface area contributed by atoms with Crippen LogP contribution in [0.4, 0.5) is 8.78 Å². The highest BCUT2D eigenvalue weighted by Gasteiger charge is 2.15. The van der Waals surface area contributed by atoms with Crippen LogP contribution in [0.3, 0.4) is 0 Å². The van der Waals surface area contributed by atoms with Crippen molar-refractivity contribution in [1.82, 2.24) is 0 Å². The molecule has 0 spiro atoms. The predicted molar refractivity (Wildman–Crippen MR) is 57.6 cm³/mol. The van der Waals surface area contributed by atoms with Crippen molar-refractivity contribution in [2.75, 3.05) is 0 Å². The molecule has 0 bridgehead atoms. The van der Waals surface area contributed by atoms with Crippen molar-refractivity contribution in [1.29, 1.82) is 0 Å². The Morgan fingerprint density at radius 2 is 2.00 bits per heavy atom. The third-order valence-electron chi connectivity index (χ3n) is 2.02. The second-order valence-electron chi connectivity index (χ2n) is 3.30. The SMILES string of the molecule is Cc1ccc([C@H](N)CC(F)F)c(O)c1.Cl. The lowest BCUT2D eigenvalue weighted by molar-refractivity contribution is 0.128. The number of nitrogens with two attached hydrogens (primary N) is 1. The molecule has 0 amide bonds. The lowest BCUT2D eigenvalue weighted by atomic mass is 10.0. The zero-order chi connectivity index (χ0) is 10.7.